The molecular formula is C22H35O2. The fourth-order valence-corrected chi connectivity index (χ4v) is 2.90. The van der Waals surface area contributed by atoms with Crippen molar-refractivity contribution >= 4 is 5.78 Å². The average molecular weight is 332 g/mol. The van der Waals surface area contributed by atoms with Crippen LogP contribution in [0.25, 0.3) is 0 Å². The summed E-state index contributed by atoms with van der Waals surface area (Å²) in [5.74, 6) is 0.516. The maximum absolute atomic E-state index is 12.7. The number of phenols is 1. The molecule has 0 aromatic heterocycles. The van der Waals surface area contributed by atoms with Gasteiger partial charge in [0, 0.05) is 23.1 Å². The zero-order chi connectivity index (χ0) is 18.5. The highest BCUT2D eigenvalue weighted by Crippen LogP contribution is 2.40. The van der Waals surface area contributed by atoms with Gasteiger partial charge in [-0.2, -0.15) is 0 Å². The molecule has 2 nitrogen and oxygen atoms in total. The first-order valence-corrected chi connectivity index (χ1v) is 9.19. The molecule has 0 bridgehead atoms. The van der Waals surface area contributed by atoms with Crippen LogP contribution < -0.4 is 0 Å². The molecule has 1 aromatic carbocycles. The molecule has 1 radical (unpaired) electrons. The minimum Gasteiger partial charge on any atom is -0.507 e. The van der Waals surface area contributed by atoms with Gasteiger partial charge in [-0.15, -0.1) is 0 Å². The number of ketones is 1. The van der Waals surface area contributed by atoms with Gasteiger partial charge in [-0.1, -0.05) is 74.1 Å². The van der Waals surface area contributed by atoms with Crippen LogP contribution in [0.2, 0.25) is 0 Å². The smallest absolute Gasteiger partial charge is 0.162 e. The molecule has 0 aliphatic rings. The number of carbonyl (C=O) groups excluding carboxylic acids is 1. The van der Waals surface area contributed by atoms with Crippen molar-refractivity contribution in [3.8, 4) is 5.75 Å². The Morgan fingerprint density at radius 3 is 1.79 bits per heavy atom. The molecule has 0 heterocycles. The minimum absolute atomic E-state index is 0.181. The summed E-state index contributed by atoms with van der Waals surface area (Å²) < 4.78 is 0. The second-order valence-corrected chi connectivity index (χ2v) is 8.86. The van der Waals surface area contributed by atoms with Gasteiger partial charge in [0.2, 0.25) is 0 Å². The molecule has 1 N–H and O–H groups in total. The van der Waals surface area contributed by atoms with E-state index in [4.69, 9.17) is 0 Å². The molecule has 2 heteroatoms. The summed E-state index contributed by atoms with van der Waals surface area (Å²) in [7, 11) is 0. The fraction of sp³-hybridized carbons (Fsp3) is 0.636. The number of unbranched alkanes of at least 4 members (excludes halogenated alkanes) is 4. The molecule has 0 saturated carbocycles. The van der Waals surface area contributed by atoms with E-state index in [1.165, 1.54) is 0 Å². The van der Waals surface area contributed by atoms with Crippen LogP contribution in [0, 0.1) is 6.92 Å². The van der Waals surface area contributed by atoms with Gasteiger partial charge in [0.05, 0.1) is 0 Å². The zero-order valence-corrected chi connectivity index (χ0v) is 16.5. The molecule has 0 aliphatic carbocycles. The Kier molecular flexibility index (Phi) is 7.07. The van der Waals surface area contributed by atoms with Crippen LogP contribution in [-0.2, 0) is 10.8 Å². The fourth-order valence-electron chi connectivity index (χ4n) is 2.90. The Morgan fingerprint density at radius 2 is 1.38 bits per heavy atom. The molecule has 0 atom stereocenters. The van der Waals surface area contributed by atoms with E-state index in [0.717, 1.165) is 48.8 Å². The molecular weight excluding hydrogens is 296 g/mol. The minimum atomic E-state index is -0.200. The van der Waals surface area contributed by atoms with Crippen LogP contribution in [0.1, 0.15) is 102 Å². The molecule has 0 saturated heterocycles. The van der Waals surface area contributed by atoms with E-state index < -0.39 is 0 Å². The maximum Gasteiger partial charge on any atom is 0.162 e. The standard InChI is InChI=1S/C22H35O2/c1-8-9-10-11-12-13-19(23)16-14-17(21(2,3)4)20(24)18(15-16)22(5,6)7/h14-15,24H,1,8-13H2,2-7H3. The molecule has 1 aromatic rings. The lowest BCUT2D eigenvalue weighted by molar-refractivity contribution is 0.0979. The summed E-state index contributed by atoms with van der Waals surface area (Å²) in [6, 6.07) is 3.78. The van der Waals surface area contributed by atoms with Gasteiger partial charge in [-0.05, 0) is 29.4 Å². The predicted molar refractivity (Wildman–Crippen MR) is 103 cm³/mol. The summed E-state index contributed by atoms with van der Waals surface area (Å²) in [5, 5.41) is 10.7. The lowest BCUT2D eigenvalue weighted by Crippen LogP contribution is -2.18. The van der Waals surface area contributed by atoms with E-state index in [-0.39, 0.29) is 16.6 Å². The SMILES string of the molecule is [CH2]CCCCCCC(=O)c1cc(C(C)(C)C)c(O)c(C(C)(C)C)c1. The Balaban J connectivity index is 3.08. The van der Waals surface area contributed by atoms with Crippen LogP contribution in [0.4, 0.5) is 0 Å². The quantitative estimate of drug-likeness (QED) is 0.467. The Morgan fingerprint density at radius 1 is 0.917 bits per heavy atom. The van der Waals surface area contributed by atoms with Crippen LogP contribution >= 0.6 is 0 Å². The molecule has 0 aliphatic heterocycles. The van der Waals surface area contributed by atoms with E-state index in [9.17, 15) is 9.90 Å². The first-order chi connectivity index (χ1) is 11.0. The molecule has 0 amide bonds. The van der Waals surface area contributed by atoms with Crippen molar-refractivity contribution in [2.45, 2.75) is 90.9 Å². The number of aromatic hydroxyl groups is 1. The Hall–Kier alpha value is -1.31. The van der Waals surface area contributed by atoms with E-state index in [2.05, 4.69) is 48.5 Å². The lowest BCUT2D eigenvalue weighted by atomic mass is 9.78. The number of Topliss-reactive ketones (excluding diaryl/α,β-unsaturated/α-hetero) is 1. The number of hydrogen-bond donors (Lipinski definition) is 1. The topological polar surface area (TPSA) is 37.3 Å². The van der Waals surface area contributed by atoms with Crippen molar-refractivity contribution in [1.82, 2.24) is 0 Å². The zero-order valence-electron chi connectivity index (χ0n) is 16.5. The monoisotopic (exact) mass is 331 g/mol. The van der Waals surface area contributed by atoms with Crippen molar-refractivity contribution in [1.29, 1.82) is 0 Å². The second kappa shape index (κ2) is 8.18. The molecule has 1 rings (SSSR count). The number of phenolic OH excluding ortho intramolecular Hbond substituents is 1. The predicted octanol–water partition coefficient (Wildman–Crippen LogP) is 6.34. The first kappa shape index (κ1) is 20.7. The van der Waals surface area contributed by atoms with E-state index in [1.807, 2.05) is 12.1 Å². The van der Waals surface area contributed by atoms with Gasteiger partial charge < -0.3 is 5.11 Å². The normalized spacial score (nSPS) is 12.5. The summed E-state index contributed by atoms with van der Waals surface area (Å²) in [6.07, 6.45) is 5.83. The lowest BCUT2D eigenvalue weighted by Gasteiger charge is -2.28. The summed E-state index contributed by atoms with van der Waals surface area (Å²) in [5.41, 5.74) is 2.05. The second-order valence-electron chi connectivity index (χ2n) is 8.86. The van der Waals surface area contributed by atoms with Crippen LogP contribution in [0.15, 0.2) is 12.1 Å². The summed E-state index contributed by atoms with van der Waals surface area (Å²) >= 11 is 0. The number of rotatable bonds is 7. The third kappa shape index (κ3) is 5.65. The molecule has 0 fully saturated rings. The molecule has 0 unspecified atom stereocenters. The van der Waals surface area contributed by atoms with Crippen LogP contribution in [0.5, 0.6) is 5.75 Å². The van der Waals surface area contributed by atoms with Gasteiger partial charge in [-0.25, -0.2) is 0 Å². The van der Waals surface area contributed by atoms with Crippen LogP contribution in [0.3, 0.4) is 0 Å². The number of benzene rings is 1. The highest BCUT2D eigenvalue weighted by molar-refractivity contribution is 5.96. The molecule has 0 spiro atoms. The van der Waals surface area contributed by atoms with Gasteiger partial charge >= 0.3 is 0 Å². The van der Waals surface area contributed by atoms with Crippen molar-refractivity contribution in [2.24, 2.45) is 0 Å². The highest BCUT2D eigenvalue weighted by atomic mass is 16.3. The van der Waals surface area contributed by atoms with Gasteiger partial charge in [0.15, 0.2) is 5.78 Å². The van der Waals surface area contributed by atoms with Crippen molar-refractivity contribution in [3.05, 3.63) is 35.7 Å². The van der Waals surface area contributed by atoms with Crippen molar-refractivity contribution in [2.75, 3.05) is 0 Å². The van der Waals surface area contributed by atoms with Crippen molar-refractivity contribution < 1.29 is 9.90 Å². The highest BCUT2D eigenvalue weighted by Gasteiger charge is 2.27. The van der Waals surface area contributed by atoms with Crippen molar-refractivity contribution in [3.63, 3.8) is 0 Å². The largest absolute Gasteiger partial charge is 0.507 e. The van der Waals surface area contributed by atoms with Gasteiger partial charge in [0.1, 0.15) is 5.75 Å². The molecule has 24 heavy (non-hydrogen) atoms. The average Bonchev–Trinajstić information content (AvgIpc) is 2.44. The van der Waals surface area contributed by atoms with E-state index >= 15 is 0 Å². The van der Waals surface area contributed by atoms with E-state index in [1.54, 1.807) is 0 Å². The maximum atomic E-state index is 12.7. The Bertz CT molecular complexity index is 521. The summed E-state index contributed by atoms with van der Waals surface area (Å²) in [6.45, 7) is 16.3. The first-order valence-electron chi connectivity index (χ1n) is 9.19. The van der Waals surface area contributed by atoms with Gasteiger partial charge in [0.25, 0.3) is 0 Å². The Labute approximate surface area is 148 Å². The molecule has 135 valence electrons. The van der Waals surface area contributed by atoms with E-state index in [0.29, 0.717) is 12.2 Å². The third-order valence-electron chi connectivity index (χ3n) is 4.45. The van der Waals surface area contributed by atoms with Crippen LogP contribution in [-0.4, -0.2) is 10.9 Å². The number of carbonyl (C=O) groups is 1. The third-order valence-corrected chi connectivity index (χ3v) is 4.45. The summed E-state index contributed by atoms with van der Waals surface area (Å²) in [4.78, 5) is 12.7. The number of hydrogen-bond acceptors (Lipinski definition) is 2. The van der Waals surface area contributed by atoms with Gasteiger partial charge in [-0.3, -0.25) is 4.79 Å².